The highest BCUT2D eigenvalue weighted by molar-refractivity contribution is 7.98. The van der Waals surface area contributed by atoms with Crippen molar-refractivity contribution in [1.29, 1.82) is 0 Å². The number of hydrogen-bond acceptors (Lipinski definition) is 5. The Balaban J connectivity index is 2.20. The van der Waals surface area contributed by atoms with E-state index in [1.165, 1.54) is 0 Å². The third-order valence-corrected chi connectivity index (χ3v) is 3.61. The highest BCUT2D eigenvalue weighted by atomic mass is 32.2. The number of amides is 1. The molecule has 100 valence electrons. The Hall–Kier alpha value is -0.300. The van der Waals surface area contributed by atoms with Crippen LogP contribution in [0.15, 0.2) is 0 Å². The zero-order valence-electron chi connectivity index (χ0n) is 10.7. The van der Waals surface area contributed by atoms with Crippen LogP contribution in [0.3, 0.4) is 0 Å². The van der Waals surface area contributed by atoms with Crippen molar-refractivity contribution in [3.63, 3.8) is 0 Å². The van der Waals surface area contributed by atoms with Crippen LogP contribution in [0.5, 0.6) is 0 Å². The first-order chi connectivity index (χ1) is 8.03. The summed E-state index contributed by atoms with van der Waals surface area (Å²) in [5, 5.41) is 15.9. The maximum Gasteiger partial charge on any atom is 0.234 e. The monoisotopic (exact) mass is 261 g/mol. The fourth-order valence-electron chi connectivity index (χ4n) is 1.78. The van der Waals surface area contributed by atoms with E-state index in [-0.39, 0.29) is 5.91 Å². The molecule has 1 atom stereocenters. The van der Waals surface area contributed by atoms with Gasteiger partial charge in [-0.3, -0.25) is 9.69 Å². The number of hydrogen-bond donors (Lipinski definition) is 3. The second kappa shape index (κ2) is 7.20. The Labute approximate surface area is 107 Å². The molecule has 1 fully saturated rings. The molecule has 17 heavy (non-hydrogen) atoms. The average Bonchev–Trinajstić information content (AvgIpc) is 2.28. The average molecular weight is 261 g/mol. The summed E-state index contributed by atoms with van der Waals surface area (Å²) in [6, 6.07) is 0. The van der Waals surface area contributed by atoms with Gasteiger partial charge in [0.05, 0.1) is 12.1 Å². The van der Waals surface area contributed by atoms with Crippen LogP contribution in [0.1, 0.15) is 6.92 Å². The van der Waals surface area contributed by atoms with Crippen molar-refractivity contribution in [3.05, 3.63) is 0 Å². The summed E-state index contributed by atoms with van der Waals surface area (Å²) >= 11 is 1.58. The van der Waals surface area contributed by atoms with Crippen LogP contribution in [-0.4, -0.2) is 72.8 Å². The van der Waals surface area contributed by atoms with Crippen LogP contribution >= 0.6 is 11.8 Å². The van der Waals surface area contributed by atoms with Gasteiger partial charge in [-0.25, -0.2) is 0 Å². The van der Waals surface area contributed by atoms with Gasteiger partial charge in [-0.2, -0.15) is 11.8 Å². The van der Waals surface area contributed by atoms with E-state index in [0.717, 1.165) is 26.2 Å². The maximum absolute atomic E-state index is 11.7. The molecule has 0 spiro atoms. The molecule has 3 N–H and O–H groups in total. The van der Waals surface area contributed by atoms with Crippen molar-refractivity contribution in [2.75, 3.05) is 51.3 Å². The van der Waals surface area contributed by atoms with E-state index in [2.05, 4.69) is 15.5 Å². The van der Waals surface area contributed by atoms with Crippen LogP contribution in [0.2, 0.25) is 0 Å². The van der Waals surface area contributed by atoms with Crippen LogP contribution in [0.25, 0.3) is 0 Å². The predicted molar refractivity (Wildman–Crippen MR) is 71.3 cm³/mol. The Morgan fingerprint density at radius 3 is 2.76 bits per heavy atom. The van der Waals surface area contributed by atoms with E-state index < -0.39 is 5.60 Å². The number of carbonyl (C=O) groups excluding carboxylic acids is 1. The SMILES string of the molecule is CSCC(C)(O)CNC(=O)CN1CCNCC1. The zero-order valence-corrected chi connectivity index (χ0v) is 11.5. The molecule has 1 amide bonds. The third-order valence-electron chi connectivity index (χ3n) is 2.70. The summed E-state index contributed by atoms with van der Waals surface area (Å²) in [5.41, 5.74) is -0.821. The molecular formula is C11H23N3O2S. The molecule has 0 aromatic heterocycles. The van der Waals surface area contributed by atoms with Crippen LogP contribution in [-0.2, 0) is 4.79 Å². The number of piperazine rings is 1. The van der Waals surface area contributed by atoms with Gasteiger partial charge in [-0.05, 0) is 13.2 Å². The molecule has 1 aliphatic rings. The highest BCUT2D eigenvalue weighted by Crippen LogP contribution is 2.08. The first kappa shape index (κ1) is 14.8. The maximum atomic E-state index is 11.7. The van der Waals surface area contributed by atoms with Crippen LogP contribution in [0.4, 0.5) is 0 Å². The first-order valence-electron chi connectivity index (χ1n) is 5.94. The van der Waals surface area contributed by atoms with E-state index in [1.54, 1.807) is 18.7 Å². The van der Waals surface area contributed by atoms with Gasteiger partial charge in [0.2, 0.25) is 5.91 Å². The predicted octanol–water partition coefficient (Wildman–Crippen LogP) is -0.878. The lowest BCUT2D eigenvalue weighted by atomic mass is 10.1. The first-order valence-corrected chi connectivity index (χ1v) is 7.34. The second-order valence-electron chi connectivity index (χ2n) is 4.73. The molecule has 5 nitrogen and oxygen atoms in total. The highest BCUT2D eigenvalue weighted by Gasteiger charge is 2.21. The smallest absolute Gasteiger partial charge is 0.234 e. The van der Waals surface area contributed by atoms with E-state index >= 15 is 0 Å². The molecule has 1 heterocycles. The van der Waals surface area contributed by atoms with Crippen LogP contribution in [0, 0.1) is 0 Å². The van der Waals surface area contributed by atoms with Gasteiger partial charge >= 0.3 is 0 Å². The van der Waals surface area contributed by atoms with E-state index in [9.17, 15) is 9.90 Å². The lowest BCUT2D eigenvalue weighted by molar-refractivity contribution is -0.123. The van der Waals surface area contributed by atoms with Gasteiger partial charge in [0.25, 0.3) is 0 Å². The van der Waals surface area contributed by atoms with E-state index in [1.807, 2.05) is 6.26 Å². The van der Waals surface area contributed by atoms with Gasteiger partial charge in [0, 0.05) is 38.5 Å². The van der Waals surface area contributed by atoms with Crippen molar-refractivity contribution in [3.8, 4) is 0 Å². The lowest BCUT2D eigenvalue weighted by Gasteiger charge is -2.27. The molecule has 1 rings (SSSR count). The van der Waals surface area contributed by atoms with E-state index in [0.29, 0.717) is 18.8 Å². The van der Waals surface area contributed by atoms with Gasteiger partial charge < -0.3 is 15.7 Å². The molecule has 1 aliphatic heterocycles. The molecular weight excluding hydrogens is 238 g/mol. The molecule has 1 saturated heterocycles. The number of nitrogens with zero attached hydrogens (tertiary/aromatic N) is 1. The van der Waals surface area contributed by atoms with Gasteiger partial charge in [0.1, 0.15) is 0 Å². The normalized spacial score (nSPS) is 20.9. The van der Waals surface area contributed by atoms with Gasteiger partial charge in [0.15, 0.2) is 0 Å². The molecule has 0 bridgehead atoms. The summed E-state index contributed by atoms with van der Waals surface area (Å²) in [4.78, 5) is 13.8. The number of aliphatic hydroxyl groups is 1. The minimum atomic E-state index is -0.821. The zero-order chi connectivity index (χ0) is 12.7. The molecule has 0 aromatic carbocycles. The summed E-state index contributed by atoms with van der Waals surface area (Å²) in [6.45, 7) is 6.20. The number of rotatable bonds is 6. The topological polar surface area (TPSA) is 64.6 Å². The van der Waals surface area contributed by atoms with Crippen molar-refractivity contribution in [2.45, 2.75) is 12.5 Å². The summed E-state index contributed by atoms with van der Waals surface area (Å²) < 4.78 is 0. The molecule has 0 aromatic rings. The molecule has 0 radical (unpaired) electrons. The van der Waals surface area contributed by atoms with Gasteiger partial charge in [-0.15, -0.1) is 0 Å². The standard InChI is InChI=1S/C11H23N3O2S/c1-11(16,9-17-2)8-13-10(15)7-14-5-3-12-4-6-14/h12,16H,3-9H2,1-2H3,(H,13,15). The minimum absolute atomic E-state index is 0.00622. The summed E-state index contributed by atoms with van der Waals surface area (Å²) in [6.07, 6.45) is 1.94. The van der Waals surface area contributed by atoms with Crippen molar-refractivity contribution >= 4 is 17.7 Å². The summed E-state index contributed by atoms with van der Waals surface area (Å²) in [7, 11) is 0. The quantitative estimate of drug-likeness (QED) is 0.580. The molecule has 0 saturated carbocycles. The number of nitrogens with one attached hydrogen (secondary N) is 2. The Morgan fingerprint density at radius 2 is 2.18 bits per heavy atom. The molecule has 1 unspecified atom stereocenters. The fraction of sp³-hybridized carbons (Fsp3) is 0.909. The molecule has 0 aliphatic carbocycles. The van der Waals surface area contributed by atoms with Crippen molar-refractivity contribution < 1.29 is 9.90 Å². The Kier molecular flexibility index (Phi) is 6.26. The minimum Gasteiger partial charge on any atom is -0.387 e. The van der Waals surface area contributed by atoms with Crippen LogP contribution < -0.4 is 10.6 Å². The van der Waals surface area contributed by atoms with Crippen molar-refractivity contribution in [2.24, 2.45) is 0 Å². The lowest BCUT2D eigenvalue weighted by Crippen LogP contribution is -2.49. The number of thioether (sulfide) groups is 1. The summed E-state index contributed by atoms with van der Waals surface area (Å²) in [5.74, 6) is 0.620. The van der Waals surface area contributed by atoms with Crippen molar-refractivity contribution in [1.82, 2.24) is 15.5 Å². The fourth-order valence-corrected chi connectivity index (χ4v) is 2.50. The molecule has 6 heteroatoms. The number of carbonyl (C=O) groups is 1. The third kappa shape index (κ3) is 6.26. The van der Waals surface area contributed by atoms with E-state index in [4.69, 9.17) is 0 Å². The Morgan fingerprint density at radius 1 is 1.53 bits per heavy atom. The largest absolute Gasteiger partial charge is 0.387 e. The Bertz CT molecular complexity index is 243. The van der Waals surface area contributed by atoms with Gasteiger partial charge in [-0.1, -0.05) is 0 Å². The second-order valence-corrected chi connectivity index (χ2v) is 5.60.